The summed E-state index contributed by atoms with van der Waals surface area (Å²) >= 11 is 1.47. The fourth-order valence-electron chi connectivity index (χ4n) is 0.816. The second-order valence-corrected chi connectivity index (χ2v) is 5.54. The van der Waals surface area contributed by atoms with E-state index in [1.807, 2.05) is 6.92 Å². The van der Waals surface area contributed by atoms with Gasteiger partial charge in [0.25, 0.3) is 0 Å². The minimum absolute atomic E-state index is 0.118. The van der Waals surface area contributed by atoms with Crippen molar-refractivity contribution in [3.63, 3.8) is 0 Å². The number of Topliss-reactive ketones (excluding diaryl/α,β-unsaturated/α-hetero) is 1. The Morgan fingerprint density at radius 2 is 2.06 bits per heavy atom. The lowest BCUT2D eigenvalue weighted by molar-refractivity contribution is -0.114. The second kappa shape index (κ2) is 7.92. The molecular formula is C12H20N2O3S. The molecule has 0 radical (unpaired) electrons. The number of ether oxygens (including phenoxy) is 1. The van der Waals surface area contributed by atoms with Crippen LogP contribution in [0.15, 0.2) is 17.3 Å². The molecule has 18 heavy (non-hydrogen) atoms. The van der Waals surface area contributed by atoms with E-state index in [0.717, 1.165) is 5.75 Å². The number of hydrogen-bond donors (Lipinski definition) is 1. The number of aliphatic imine (C=N–C) groups is 1. The smallest absolute Gasteiger partial charge is 0.408 e. The maximum Gasteiger partial charge on any atom is 0.408 e. The van der Waals surface area contributed by atoms with Crippen LogP contribution >= 0.6 is 11.8 Å². The summed E-state index contributed by atoms with van der Waals surface area (Å²) in [6.45, 7) is 10.6. The fraction of sp³-hybridized carbons (Fsp3) is 0.583. The first-order valence-electron chi connectivity index (χ1n) is 5.59. The van der Waals surface area contributed by atoms with Crippen molar-refractivity contribution in [3.8, 4) is 0 Å². The van der Waals surface area contributed by atoms with Crippen LogP contribution in [-0.2, 0) is 9.53 Å². The van der Waals surface area contributed by atoms with Gasteiger partial charge in [0.05, 0.1) is 12.1 Å². The van der Waals surface area contributed by atoms with Crippen LogP contribution in [0.4, 0.5) is 4.79 Å². The van der Waals surface area contributed by atoms with Gasteiger partial charge in [-0.05, 0) is 26.5 Å². The Hall–Kier alpha value is -1.30. The molecular weight excluding hydrogens is 252 g/mol. The molecule has 6 heteroatoms. The van der Waals surface area contributed by atoms with Crippen LogP contribution in [0.25, 0.3) is 0 Å². The average molecular weight is 272 g/mol. The lowest BCUT2D eigenvalue weighted by atomic mass is 10.2. The first-order chi connectivity index (χ1) is 8.26. The van der Waals surface area contributed by atoms with Gasteiger partial charge in [0.2, 0.25) is 0 Å². The van der Waals surface area contributed by atoms with E-state index in [2.05, 4.69) is 16.9 Å². The van der Waals surface area contributed by atoms with E-state index in [1.165, 1.54) is 11.8 Å². The van der Waals surface area contributed by atoms with Crippen molar-refractivity contribution >= 4 is 29.2 Å². The number of carbonyl (C=O) groups is 2. The number of rotatable bonds is 6. The summed E-state index contributed by atoms with van der Waals surface area (Å²) in [5.41, 5.74) is 1.10. The molecule has 0 bridgehead atoms. The Balaban J connectivity index is 4.03. The zero-order valence-corrected chi connectivity index (χ0v) is 12.1. The Morgan fingerprint density at radius 1 is 1.44 bits per heavy atom. The predicted molar refractivity (Wildman–Crippen MR) is 75.0 cm³/mol. The van der Waals surface area contributed by atoms with E-state index in [9.17, 15) is 9.59 Å². The molecule has 0 atom stereocenters. The van der Waals surface area contributed by atoms with Crippen LogP contribution in [0.1, 0.15) is 27.7 Å². The minimum atomic E-state index is -0.629. The highest BCUT2D eigenvalue weighted by Crippen LogP contribution is 2.06. The number of thioether (sulfide) groups is 1. The number of amides is 1. The monoisotopic (exact) mass is 272 g/mol. The van der Waals surface area contributed by atoms with E-state index >= 15 is 0 Å². The highest BCUT2D eigenvalue weighted by atomic mass is 32.2. The van der Waals surface area contributed by atoms with Crippen LogP contribution < -0.4 is 5.32 Å². The van der Waals surface area contributed by atoms with E-state index < -0.39 is 11.7 Å². The van der Waals surface area contributed by atoms with Crippen LogP contribution in [0.3, 0.4) is 0 Å². The lowest BCUT2D eigenvalue weighted by Crippen LogP contribution is -2.35. The topological polar surface area (TPSA) is 67.8 Å². The SMILES string of the molecule is C=C(N=CSCC)C(=O)CNC(=O)OC(C)(C)C. The van der Waals surface area contributed by atoms with Gasteiger partial charge in [-0.1, -0.05) is 13.5 Å². The highest BCUT2D eigenvalue weighted by molar-refractivity contribution is 8.12. The molecule has 102 valence electrons. The third-order valence-electron chi connectivity index (χ3n) is 1.56. The molecule has 0 aliphatic carbocycles. The zero-order chi connectivity index (χ0) is 14.2. The van der Waals surface area contributed by atoms with Gasteiger partial charge in [0.15, 0.2) is 5.78 Å². The van der Waals surface area contributed by atoms with Gasteiger partial charge in [0, 0.05) is 0 Å². The van der Waals surface area contributed by atoms with Crippen molar-refractivity contribution in [1.82, 2.24) is 5.32 Å². The van der Waals surface area contributed by atoms with Crippen LogP contribution in [0.5, 0.6) is 0 Å². The summed E-state index contributed by atoms with van der Waals surface area (Å²) < 4.78 is 4.99. The molecule has 0 spiro atoms. The number of ketones is 1. The molecule has 0 unspecified atom stereocenters. The Morgan fingerprint density at radius 3 is 2.56 bits per heavy atom. The summed E-state index contributed by atoms with van der Waals surface area (Å²) in [7, 11) is 0. The lowest BCUT2D eigenvalue weighted by Gasteiger charge is -2.19. The van der Waals surface area contributed by atoms with Crippen molar-refractivity contribution in [1.29, 1.82) is 0 Å². The molecule has 0 aromatic carbocycles. The summed E-state index contributed by atoms with van der Waals surface area (Å²) in [6.07, 6.45) is -0.629. The van der Waals surface area contributed by atoms with Gasteiger partial charge in [-0.25, -0.2) is 9.79 Å². The van der Waals surface area contributed by atoms with Crippen LogP contribution in [0, 0.1) is 0 Å². The Bertz CT molecular complexity index is 346. The molecule has 0 heterocycles. The van der Waals surface area contributed by atoms with E-state index in [0.29, 0.717) is 0 Å². The predicted octanol–water partition coefficient (Wildman–Crippen LogP) is 2.38. The summed E-state index contributed by atoms with van der Waals surface area (Å²) in [6, 6.07) is 0. The number of hydrogen-bond acceptors (Lipinski definition) is 5. The number of alkyl carbamates (subject to hydrolysis) is 1. The van der Waals surface area contributed by atoms with Gasteiger partial charge in [-0.3, -0.25) is 4.79 Å². The van der Waals surface area contributed by atoms with E-state index in [4.69, 9.17) is 4.74 Å². The minimum Gasteiger partial charge on any atom is -0.444 e. The standard InChI is InChI=1S/C12H20N2O3S/c1-6-18-8-14-9(2)10(15)7-13-11(16)17-12(3,4)5/h8H,2,6-7H2,1,3-5H3,(H,13,16). The van der Waals surface area contributed by atoms with Gasteiger partial charge >= 0.3 is 6.09 Å². The number of nitrogens with one attached hydrogen (secondary N) is 1. The molecule has 1 N–H and O–H groups in total. The van der Waals surface area contributed by atoms with Gasteiger partial charge in [-0.15, -0.1) is 11.8 Å². The van der Waals surface area contributed by atoms with Crippen LogP contribution in [-0.4, -0.2) is 35.3 Å². The average Bonchev–Trinajstić information content (AvgIpc) is 2.23. The van der Waals surface area contributed by atoms with E-state index in [1.54, 1.807) is 26.3 Å². The molecule has 1 amide bonds. The number of nitrogens with zero attached hydrogens (tertiary/aromatic N) is 1. The van der Waals surface area contributed by atoms with Crippen molar-refractivity contribution in [2.24, 2.45) is 4.99 Å². The molecule has 0 saturated carbocycles. The first-order valence-corrected chi connectivity index (χ1v) is 6.64. The van der Waals surface area contributed by atoms with Gasteiger partial charge in [-0.2, -0.15) is 0 Å². The molecule has 0 aromatic rings. The third-order valence-corrected chi connectivity index (χ3v) is 2.15. The van der Waals surface area contributed by atoms with Crippen LogP contribution in [0.2, 0.25) is 0 Å². The van der Waals surface area contributed by atoms with E-state index in [-0.39, 0.29) is 18.0 Å². The van der Waals surface area contributed by atoms with Gasteiger partial charge < -0.3 is 10.1 Å². The molecule has 0 saturated heterocycles. The molecule has 0 fully saturated rings. The molecule has 0 aliphatic heterocycles. The summed E-state index contributed by atoms with van der Waals surface area (Å²) in [4.78, 5) is 26.7. The highest BCUT2D eigenvalue weighted by Gasteiger charge is 2.16. The zero-order valence-electron chi connectivity index (χ0n) is 11.3. The fourth-order valence-corrected chi connectivity index (χ4v) is 1.17. The maximum atomic E-state index is 11.5. The normalized spacial score (nSPS) is 11.3. The number of carbonyl (C=O) groups excluding carboxylic acids is 2. The Kier molecular flexibility index (Phi) is 7.35. The largest absolute Gasteiger partial charge is 0.444 e. The summed E-state index contributed by atoms with van der Waals surface area (Å²) in [5.74, 6) is 0.537. The third kappa shape index (κ3) is 8.81. The molecule has 0 rings (SSSR count). The molecule has 0 aliphatic rings. The second-order valence-electron chi connectivity index (χ2n) is 4.42. The quantitative estimate of drug-likeness (QED) is 0.458. The first kappa shape index (κ1) is 16.7. The molecule has 0 aromatic heterocycles. The van der Waals surface area contributed by atoms with Gasteiger partial charge in [0.1, 0.15) is 11.3 Å². The van der Waals surface area contributed by atoms with Crippen molar-refractivity contribution in [2.75, 3.05) is 12.3 Å². The molecule has 5 nitrogen and oxygen atoms in total. The van der Waals surface area contributed by atoms with Crippen molar-refractivity contribution < 1.29 is 14.3 Å². The van der Waals surface area contributed by atoms with Crippen molar-refractivity contribution in [2.45, 2.75) is 33.3 Å². The Labute approximate surface area is 112 Å². The summed E-state index contributed by atoms with van der Waals surface area (Å²) in [5, 5.41) is 2.36. The van der Waals surface area contributed by atoms with Crippen molar-refractivity contribution in [3.05, 3.63) is 12.3 Å². The maximum absolute atomic E-state index is 11.5.